The summed E-state index contributed by atoms with van der Waals surface area (Å²) in [4.78, 5) is 20.3. The zero-order valence-corrected chi connectivity index (χ0v) is 19.3. The van der Waals surface area contributed by atoms with Gasteiger partial charge in [0.1, 0.15) is 0 Å². The molecule has 0 aliphatic heterocycles. The first-order chi connectivity index (χ1) is 14.4. The molecule has 0 saturated carbocycles. The van der Waals surface area contributed by atoms with Crippen molar-refractivity contribution in [3.8, 4) is 0 Å². The summed E-state index contributed by atoms with van der Waals surface area (Å²) in [6.07, 6.45) is 5.24. The van der Waals surface area contributed by atoms with Gasteiger partial charge in [0.05, 0.1) is 6.16 Å². The van der Waals surface area contributed by atoms with Gasteiger partial charge in [0.15, 0.2) is 0 Å². The number of nitrogens with zero attached hydrogens (tertiary/aromatic N) is 1. The van der Waals surface area contributed by atoms with Crippen LogP contribution in [-0.4, -0.2) is 35.6 Å². The smallest absolute Gasteiger partial charge is 0.325 e. The Kier molecular flexibility index (Phi) is 10.6. The van der Waals surface area contributed by atoms with Crippen molar-refractivity contribution < 1.29 is 14.4 Å². The molecule has 0 unspecified atom stereocenters. The van der Waals surface area contributed by atoms with Crippen LogP contribution in [-0.2, 0) is 17.5 Å². The van der Waals surface area contributed by atoms with E-state index in [1.165, 1.54) is 41.6 Å². The molecule has 3 N–H and O–H groups in total. The normalized spacial score (nSPS) is 11.6. The van der Waals surface area contributed by atoms with Gasteiger partial charge >= 0.3 is 7.60 Å². The van der Waals surface area contributed by atoms with Crippen molar-refractivity contribution in [3.63, 3.8) is 0 Å². The highest BCUT2D eigenvalue weighted by Crippen LogP contribution is 2.34. The van der Waals surface area contributed by atoms with E-state index in [4.69, 9.17) is 9.79 Å². The van der Waals surface area contributed by atoms with Gasteiger partial charge in [-0.1, -0.05) is 48.9 Å². The van der Waals surface area contributed by atoms with Crippen molar-refractivity contribution in [1.82, 2.24) is 5.32 Å². The third kappa shape index (κ3) is 9.44. The molecule has 0 heterocycles. The van der Waals surface area contributed by atoms with E-state index in [9.17, 15) is 4.57 Å². The summed E-state index contributed by atoms with van der Waals surface area (Å²) in [5, 5.41) is 3.27. The first-order valence-electron chi connectivity index (χ1n) is 11.0. The molecular formula is C24H37N2O3P. The lowest BCUT2D eigenvalue weighted by Crippen LogP contribution is -2.25. The van der Waals surface area contributed by atoms with Crippen LogP contribution in [0.2, 0.25) is 0 Å². The number of hydrogen-bond donors (Lipinski definition) is 3. The summed E-state index contributed by atoms with van der Waals surface area (Å²) in [6.45, 7) is 7.76. The lowest BCUT2D eigenvalue weighted by molar-refractivity contribution is 0.371. The molecule has 0 amide bonds. The SMILES string of the molecule is CCN(CCCCCc1ccccc1)c1ccc(CNCCCP(=O)(O)O)cc1C. The molecule has 6 heteroatoms. The Morgan fingerprint density at radius 2 is 1.73 bits per heavy atom. The molecule has 0 fully saturated rings. The molecule has 0 saturated heterocycles. The second-order valence-corrected chi connectivity index (χ2v) is 9.69. The van der Waals surface area contributed by atoms with Gasteiger partial charge in [-0.15, -0.1) is 0 Å². The molecule has 5 nitrogen and oxygen atoms in total. The molecule has 166 valence electrons. The molecule has 0 aliphatic rings. The molecule has 0 spiro atoms. The third-order valence-electron chi connectivity index (χ3n) is 5.35. The standard InChI is InChI=1S/C24H37N2O3P/c1-3-26(17-9-5-8-13-22-11-6-4-7-12-22)24-15-14-23(19-21(24)2)20-25-16-10-18-30(27,28)29/h4,6-7,11-12,14-15,19,25H,3,5,8-10,13,16-18,20H2,1-2H3,(H2,27,28,29). The van der Waals surface area contributed by atoms with Crippen molar-refractivity contribution in [3.05, 3.63) is 65.2 Å². The molecule has 2 rings (SSSR count). The van der Waals surface area contributed by atoms with Crippen molar-refractivity contribution in [2.45, 2.75) is 52.5 Å². The van der Waals surface area contributed by atoms with Crippen molar-refractivity contribution in [1.29, 1.82) is 0 Å². The Morgan fingerprint density at radius 3 is 2.40 bits per heavy atom. The minimum absolute atomic E-state index is 0.0607. The van der Waals surface area contributed by atoms with Crippen LogP contribution in [0.3, 0.4) is 0 Å². The minimum Gasteiger partial charge on any atom is -0.372 e. The van der Waals surface area contributed by atoms with E-state index in [1.54, 1.807) is 0 Å². The van der Waals surface area contributed by atoms with Crippen molar-refractivity contribution >= 4 is 13.3 Å². The number of rotatable bonds is 14. The van der Waals surface area contributed by atoms with E-state index >= 15 is 0 Å². The number of anilines is 1. The Balaban J connectivity index is 1.73. The zero-order chi connectivity index (χ0) is 21.8. The molecule has 0 bridgehead atoms. The fourth-order valence-electron chi connectivity index (χ4n) is 3.73. The van der Waals surface area contributed by atoms with Crippen molar-refractivity contribution in [2.24, 2.45) is 0 Å². The number of aryl methyl sites for hydroxylation is 2. The van der Waals surface area contributed by atoms with Crippen LogP contribution >= 0.6 is 7.60 Å². The Morgan fingerprint density at radius 1 is 0.967 bits per heavy atom. The van der Waals surface area contributed by atoms with E-state index < -0.39 is 7.60 Å². The maximum atomic E-state index is 10.9. The van der Waals surface area contributed by atoms with E-state index in [-0.39, 0.29) is 6.16 Å². The van der Waals surface area contributed by atoms with E-state index in [2.05, 4.69) is 72.6 Å². The highest BCUT2D eigenvalue weighted by Gasteiger charge is 2.11. The van der Waals surface area contributed by atoms with E-state index in [0.717, 1.165) is 19.5 Å². The number of unbranched alkanes of at least 4 members (excludes halogenated alkanes) is 2. The lowest BCUT2D eigenvalue weighted by atomic mass is 10.1. The first-order valence-corrected chi connectivity index (χ1v) is 12.8. The van der Waals surface area contributed by atoms with Crippen LogP contribution in [0.4, 0.5) is 5.69 Å². The molecule has 2 aromatic carbocycles. The summed E-state index contributed by atoms with van der Waals surface area (Å²) < 4.78 is 10.9. The molecule has 2 aromatic rings. The second-order valence-electron chi connectivity index (χ2n) is 7.92. The maximum absolute atomic E-state index is 10.9. The van der Waals surface area contributed by atoms with Gasteiger partial charge in [0.25, 0.3) is 0 Å². The molecule has 0 radical (unpaired) electrons. The largest absolute Gasteiger partial charge is 0.372 e. The zero-order valence-electron chi connectivity index (χ0n) is 18.4. The molecule has 0 aliphatic carbocycles. The highest BCUT2D eigenvalue weighted by molar-refractivity contribution is 7.51. The number of benzene rings is 2. The van der Waals surface area contributed by atoms with Gasteiger partial charge in [0.2, 0.25) is 0 Å². The first kappa shape index (κ1) is 24.6. The van der Waals surface area contributed by atoms with Gasteiger partial charge in [-0.3, -0.25) is 4.57 Å². The highest BCUT2D eigenvalue weighted by atomic mass is 31.2. The molecule has 30 heavy (non-hydrogen) atoms. The quantitative estimate of drug-likeness (QED) is 0.293. The average Bonchev–Trinajstić information content (AvgIpc) is 2.71. The van der Waals surface area contributed by atoms with E-state index in [0.29, 0.717) is 19.5 Å². The van der Waals surface area contributed by atoms with Crippen molar-refractivity contribution in [2.75, 3.05) is 30.7 Å². The van der Waals surface area contributed by atoms with Crippen LogP contribution in [0.25, 0.3) is 0 Å². The van der Waals surface area contributed by atoms with Crippen LogP contribution < -0.4 is 10.2 Å². The van der Waals surface area contributed by atoms with Gasteiger partial charge in [-0.2, -0.15) is 0 Å². The van der Waals surface area contributed by atoms with Crippen LogP contribution in [0.5, 0.6) is 0 Å². The minimum atomic E-state index is -3.88. The van der Waals surface area contributed by atoms with E-state index in [1.807, 2.05) is 0 Å². The van der Waals surface area contributed by atoms with Crippen LogP contribution in [0.15, 0.2) is 48.5 Å². The van der Waals surface area contributed by atoms with Gasteiger partial charge < -0.3 is 20.0 Å². The lowest BCUT2D eigenvalue weighted by Gasteiger charge is -2.25. The molecular weight excluding hydrogens is 395 g/mol. The topological polar surface area (TPSA) is 72.8 Å². The second kappa shape index (κ2) is 12.9. The Labute approximate surface area is 181 Å². The van der Waals surface area contributed by atoms with Crippen LogP contribution in [0, 0.1) is 6.92 Å². The number of nitrogens with one attached hydrogen (secondary N) is 1. The summed E-state index contributed by atoms with van der Waals surface area (Å²) >= 11 is 0. The summed E-state index contributed by atoms with van der Waals surface area (Å²) in [7, 11) is -3.88. The van der Waals surface area contributed by atoms with Gasteiger partial charge in [-0.25, -0.2) is 0 Å². The predicted molar refractivity (Wildman–Crippen MR) is 126 cm³/mol. The molecule has 0 atom stereocenters. The number of hydrogen-bond acceptors (Lipinski definition) is 3. The summed E-state index contributed by atoms with van der Waals surface area (Å²) in [6, 6.07) is 17.3. The monoisotopic (exact) mass is 432 g/mol. The Hall–Kier alpha value is -1.65. The van der Waals surface area contributed by atoms with Crippen LogP contribution in [0.1, 0.15) is 49.3 Å². The fourth-order valence-corrected chi connectivity index (χ4v) is 4.30. The fraction of sp³-hybridized carbons (Fsp3) is 0.500. The van der Waals surface area contributed by atoms with Gasteiger partial charge in [0, 0.05) is 25.3 Å². The third-order valence-corrected chi connectivity index (χ3v) is 6.25. The average molecular weight is 433 g/mol. The Bertz CT molecular complexity index is 792. The molecule has 0 aromatic heterocycles. The van der Waals surface area contributed by atoms with Gasteiger partial charge in [-0.05, 0) is 68.8 Å². The predicted octanol–water partition coefficient (Wildman–Crippen LogP) is 4.89. The summed E-state index contributed by atoms with van der Waals surface area (Å²) in [5.74, 6) is 0. The summed E-state index contributed by atoms with van der Waals surface area (Å²) in [5.41, 5.74) is 5.19. The maximum Gasteiger partial charge on any atom is 0.325 e.